The normalized spacial score (nSPS) is 11.3. The van der Waals surface area contributed by atoms with Gasteiger partial charge in [-0.2, -0.15) is 9.78 Å². The zero-order valence-electron chi connectivity index (χ0n) is 20.3. The third-order valence-electron chi connectivity index (χ3n) is 5.93. The molecular weight excluding hydrogens is 551 g/mol. The number of rotatable bonds is 7. The highest BCUT2D eigenvalue weighted by Gasteiger charge is 2.13. The summed E-state index contributed by atoms with van der Waals surface area (Å²) in [6.45, 7) is 1.55. The molecule has 0 aliphatic rings. The number of fused-ring (bicyclic) bond motifs is 2. The predicted octanol–water partition coefficient (Wildman–Crippen LogP) is 5.91. The maximum Gasteiger partial charge on any atom is 0.282 e. The summed E-state index contributed by atoms with van der Waals surface area (Å²) in [4.78, 5) is 30.4. The van der Waals surface area contributed by atoms with Crippen LogP contribution in [0.15, 0.2) is 93.2 Å². The van der Waals surface area contributed by atoms with Crippen LogP contribution in [-0.2, 0) is 11.2 Å². The Bertz CT molecular complexity index is 1770. The van der Waals surface area contributed by atoms with Crippen molar-refractivity contribution in [2.24, 2.45) is 5.10 Å². The van der Waals surface area contributed by atoms with Crippen molar-refractivity contribution < 1.29 is 13.9 Å². The van der Waals surface area contributed by atoms with Gasteiger partial charge in [0.2, 0.25) is 0 Å². The summed E-state index contributed by atoms with van der Waals surface area (Å²) < 4.78 is 21.8. The monoisotopic (exact) mass is 572 g/mol. The van der Waals surface area contributed by atoms with Crippen LogP contribution in [0.4, 0.5) is 10.1 Å². The smallest absolute Gasteiger partial charge is 0.282 e. The standard InChI is InChI=1S/C29H22BrFN4O3/c1-2-27-33-24-13-12-19(30)15-21(24)29(37)35(27)32-16-22-20-8-4-3-7-18(20)11-14-26(22)38-17-28(36)34-25-10-6-5-9-23(25)31/h3-16H,2,17H2,1H3,(H,34,36). The fourth-order valence-electron chi connectivity index (χ4n) is 4.08. The number of carbonyl (C=O) groups is 1. The molecule has 1 heterocycles. The average molecular weight is 573 g/mol. The third kappa shape index (κ3) is 5.19. The van der Waals surface area contributed by atoms with E-state index in [1.807, 2.05) is 43.3 Å². The third-order valence-corrected chi connectivity index (χ3v) is 6.42. The Morgan fingerprint density at radius 1 is 1.08 bits per heavy atom. The quantitative estimate of drug-likeness (QED) is 0.245. The minimum Gasteiger partial charge on any atom is -0.483 e. The van der Waals surface area contributed by atoms with E-state index in [-0.39, 0.29) is 17.9 Å². The number of nitrogens with zero attached hydrogens (tertiary/aromatic N) is 3. The molecule has 7 nitrogen and oxygen atoms in total. The highest BCUT2D eigenvalue weighted by Crippen LogP contribution is 2.27. The van der Waals surface area contributed by atoms with E-state index in [0.717, 1.165) is 15.2 Å². The van der Waals surface area contributed by atoms with E-state index in [2.05, 4.69) is 31.3 Å². The minimum atomic E-state index is -0.535. The van der Waals surface area contributed by atoms with Crippen molar-refractivity contribution in [3.63, 3.8) is 0 Å². The van der Waals surface area contributed by atoms with Gasteiger partial charge in [-0.3, -0.25) is 9.59 Å². The first-order valence-corrected chi connectivity index (χ1v) is 12.7. The molecule has 0 fully saturated rings. The fourth-order valence-corrected chi connectivity index (χ4v) is 4.45. The van der Waals surface area contributed by atoms with Crippen LogP contribution in [0.2, 0.25) is 0 Å². The van der Waals surface area contributed by atoms with Crippen molar-refractivity contribution in [3.05, 3.63) is 111 Å². The number of anilines is 1. The first-order valence-electron chi connectivity index (χ1n) is 11.9. The van der Waals surface area contributed by atoms with Gasteiger partial charge < -0.3 is 10.1 Å². The summed E-state index contributed by atoms with van der Waals surface area (Å²) in [6.07, 6.45) is 2.03. The lowest BCUT2D eigenvalue weighted by Crippen LogP contribution is -2.22. The molecule has 0 atom stereocenters. The number of hydrogen-bond donors (Lipinski definition) is 1. The van der Waals surface area contributed by atoms with Crippen molar-refractivity contribution in [1.82, 2.24) is 9.66 Å². The van der Waals surface area contributed by atoms with Crippen LogP contribution in [0.1, 0.15) is 18.3 Å². The number of amides is 1. The summed E-state index contributed by atoms with van der Waals surface area (Å²) in [5, 5.41) is 9.22. The molecule has 0 aliphatic heterocycles. The number of benzene rings is 4. The van der Waals surface area contributed by atoms with E-state index in [1.54, 1.807) is 36.5 Å². The number of aryl methyl sites for hydroxylation is 1. The molecule has 0 bridgehead atoms. The van der Waals surface area contributed by atoms with Gasteiger partial charge in [0, 0.05) is 16.5 Å². The second-order valence-electron chi connectivity index (χ2n) is 8.42. The van der Waals surface area contributed by atoms with Crippen molar-refractivity contribution in [2.75, 3.05) is 11.9 Å². The number of aromatic nitrogens is 2. The highest BCUT2D eigenvalue weighted by atomic mass is 79.9. The number of ether oxygens (including phenoxy) is 1. The Kier molecular flexibility index (Phi) is 7.28. The second-order valence-corrected chi connectivity index (χ2v) is 9.34. The van der Waals surface area contributed by atoms with E-state index < -0.39 is 11.7 Å². The van der Waals surface area contributed by atoms with Crippen molar-refractivity contribution in [1.29, 1.82) is 0 Å². The Morgan fingerprint density at radius 2 is 1.87 bits per heavy atom. The highest BCUT2D eigenvalue weighted by molar-refractivity contribution is 9.10. The van der Waals surface area contributed by atoms with Gasteiger partial charge in [0.15, 0.2) is 6.61 Å². The molecule has 0 saturated heterocycles. The zero-order chi connectivity index (χ0) is 26.6. The van der Waals surface area contributed by atoms with Gasteiger partial charge >= 0.3 is 0 Å². The van der Waals surface area contributed by atoms with Crippen molar-refractivity contribution in [2.45, 2.75) is 13.3 Å². The fraction of sp³-hybridized carbons (Fsp3) is 0.103. The lowest BCUT2D eigenvalue weighted by Gasteiger charge is -2.13. The Morgan fingerprint density at radius 3 is 2.68 bits per heavy atom. The maximum atomic E-state index is 13.9. The van der Waals surface area contributed by atoms with E-state index in [4.69, 9.17) is 4.74 Å². The molecule has 9 heteroatoms. The van der Waals surface area contributed by atoms with Crippen molar-refractivity contribution in [3.8, 4) is 5.75 Å². The molecule has 38 heavy (non-hydrogen) atoms. The SMILES string of the molecule is CCc1nc2ccc(Br)cc2c(=O)n1N=Cc1c(OCC(=O)Nc2ccccc2F)ccc2ccccc12. The Balaban J connectivity index is 1.51. The van der Waals surface area contributed by atoms with Gasteiger partial charge in [-0.1, -0.05) is 65.3 Å². The molecule has 4 aromatic carbocycles. The van der Waals surface area contributed by atoms with E-state index >= 15 is 0 Å². The van der Waals surface area contributed by atoms with Crippen LogP contribution < -0.4 is 15.6 Å². The predicted molar refractivity (Wildman–Crippen MR) is 151 cm³/mol. The lowest BCUT2D eigenvalue weighted by atomic mass is 10.0. The van der Waals surface area contributed by atoms with E-state index in [9.17, 15) is 14.0 Å². The van der Waals surface area contributed by atoms with Gasteiger partial charge in [-0.15, -0.1) is 0 Å². The molecule has 0 saturated carbocycles. The van der Waals surface area contributed by atoms with E-state index in [1.165, 1.54) is 16.8 Å². The second kappa shape index (κ2) is 10.9. The summed E-state index contributed by atoms with van der Waals surface area (Å²) in [7, 11) is 0. The number of carbonyl (C=O) groups excluding carboxylic acids is 1. The van der Waals surface area contributed by atoms with Crippen LogP contribution in [0.3, 0.4) is 0 Å². The summed E-state index contributed by atoms with van der Waals surface area (Å²) in [5.74, 6) is -0.153. The molecular formula is C29H22BrFN4O3. The average Bonchev–Trinajstić information content (AvgIpc) is 2.93. The van der Waals surface area contributed by atoms with Gasteiger partial charge in [0.05, 0.1) is 22.8 Å². The number of hydrogen-bond acceptors (Lipinski definition) is 5. The first-order chi connectivity index (χ1) is 18.4. The molecule has 0 unspecified atom stereocenters. The molecule has 0 aliphatic carbocycles. The van der Waals surface area contributed by atoms with Crippen LogP contribution in [-0.4, -0.2) is 28.4 Å². The van der Waals surface area contributed by atoms with Crippen LogP contribution >= 0.6 is 15.9 Å². The van der Waals surface area contributed by atoms with Gasteiger partial charge in [0.25, 0.3) is 11.5 Å². The molecule has 5 aromatic rings. The molecule has 1 N–H and O–H groups in total. The van der Waals surface area contributed by atoms with Gasteiger partial charge in [0.1, 0.15) is 17.4 Å². The van der Waals surface area contributed by atoms with Crippen LogP contribution in [0, 0.1) is 5.82 Å². The number of nitrogens with one attached hydrogen (secondary N) is 1. The summed E-state index contributed by atoms with van der Waals surface area (Å²) >= 11 is 3.41. The van der Waals surface area contributed by atoms with Crippen molar-refractivity contribution >= 4 is 55.4 Å². The molecule has 1 amide bonds. The summed E-state index contributed by atoms with van der Waals surface area (Å²) in [6, 6.07) is 22.5. The van der Waals surface area contributed by atoms with Crippen LogP contribution in [0.5, 0.6) is 5.75 Å². The van der Waals surface area contributed by atoms with Gasteiger partial charge in [-0.05, 0) is 47.2 Å². The Hall–Kier alpha value is -4.37. The topological polar surface area (TPSA) is 85.6 Å². The molecule has 1 aromatic heterocycles. The molecule has 0 radical (unpaired) electrons. The van der Waals surface area contributed by atoms with E-state index in [0.29, 0.717) is 34.5 Å². The minimum absolute atomic E-state index is 0.0725. The maximum absolute atomic E-state index is 13.9. The van der Waals surface area contributed by atoms with Crippen LogP contribution in [0.25, 0.3) is 21.7 Å². The molecule has 5 rings (SSSR count). The lowest BCUT2D eigenvalue weighted by molar-refractivity contribution is -0.118. The summed E-state index contributed by atoms with van der Waals surface area (Å²) in [5.41, 5.74) is 0.960. The first kappa shape index (κ1) is 25.3. The number of para-hydroxylation sites is 1. The number of halogens is 2. The molecule has 190 valence electrons. The Labute approximate surface area is 225 Å². The van der Waals surface area contributed by atoms with Gasteiger partial charge in [-0.25, -0.2) is 9.37 Å². The zero-order valence-corrected chi connectivity index (χ0v) is 21.9. The largest absolute Gasteiger partial charge is 0.483 e. The molecule has 0 spiro atoms.